The molecule has 5 nitrogen and oxygen atoms in total. The fourth-order valence-corrected chi connectivity index (χ4v) is 5.45. The Balaban J connectivity index is 1.47. The third kappa shape index (κ3) is 2.10. The highest BCUT2D eigenvalue weighted by molar-refractivity contribution is 6.86. The van der Waals surface area contributed by atoms with Crippen LogP contribution in [0.4, 0.5) is 22.9 Å². The number of aromatic nitrogens is 1. The maximum absolute atomic E-state index is 6.43. The average Bonchev–Trinajstić information content (AvgIpc) is 3.58. The number of furan rings is 2. The quantitative estimate of drug-likeness (QED) is 0.292. The van der Waals surface area contributed by atoms with E-state index in [0.29, 0.717) is 0 Å². The largest absolute Gasteiger partial charge is 0.454 e. The average molecular weight is 425 g/mol. The molecule has 2 aliphatic heterocycles. The molecule has 0 atom stereocenters. The summed E-state index contributed by atoms with van der Waals surface area (Å²) in [7, 11) is 0. The molecule has 0 bridgehead atoms. The van der Waals surface area contributed by atoms with Crippen molar-refractivity contribution >= 4 is 57.3 Å². The minimum atomic E-state index is -0.136. The summed E-state index contributed by atoms with van der Waals surface area (Å²) in [5.74, 6) is 0.818. The fourth-order valence-electron chi connectivity index (χ4n) is 5.45. The van der Waals surface area contributed by atoms with Crippen LogP contribution in [-0.4, -0.2) is 12.0 Å². The minimum Gasteiger partial charge on any atom is -0.454 e. The van der Waals surface area contributed by atoms with Crippen molar-refractivity contribution in [3.8, 4) is 11.3 Å². The summed E-state index contributed by atoms with van der Waals surface area (Å²) >= 11 is 0. The Morgan fingerprint density at radius 1 is 0.697 bits per heavy atom. The highest BCUT2D eigenvalue weighted by atomic mass is 16.3. The van der Waals surface area contributed by atoms with E-state index in [1.54, 1.807) is 6.26 Å². The number of benzene rings is 3. The van der Waals surface area contributed by atoms with E-state index in [1.165, 1.54) is 0 Å². The smallest absolute Gasteiger partial charge is 0.425 e. The highest BCUT2D eigenvalue weighted by Gasteiger charge is 2.50. The molecule has 0 aliphatic carbocycles. The lowest BCUT2D eigenvalue weighted by molar-refractivity contribution is 0.577. The summed E-state index contributed by atoms with van der Waals surface area (Å²) in [6, 6.07) is 29.2. The van der Waals surface area contributed by atoms with Crippen LogP contribution in [0.15, 0.2) is 106 Å². The van der Waals surface area contributed by atoms with E-state index < -0.39 is 0 Å². The zero-order chi connectivity index (χ0) is 21.5. The van der Waals surface area contributed by atoms with Gasteiger partial charge in [-0.1, -0.05) is 48.5 Å². The molecule has 0 unspecified atom stereocenters. The molecule has 33 heavy (non-hydrogen) atoms. The number of nitrogens with zero attached hydrogens (tertiary/aromatic N) is 3. The minimum absolute atomic E-state index is 0.136. The first kappa shape index (κ1) is 17.2. The Bertz CT molecular complexity index is 1720. The van der Waals surface area contributed by atoms with Crippen molar-refractivity contribution in [2.45, 2.75) is 0 Å². The number of para-hydroxylation sites is 4. The van der Waals surface area contributed by atoms with Crippen LogP contribution < -0.4 is 15.1 Å². The third-order valence-corrected chi connectivity index (χ3v) is 6.77. The van der Waals surface area contributed by atoms with Crippen molar-refractivity contribution in [1.29, 1.82) is 0 Å². The Kier molecular flexibility index (Phi) is 3.16. The number of hydrogen-bond acceptors (Lipinski definition) is 5. The molecule has 0 radical (unpaired) electrons. The standard InChI is InChI=1S/C27H16BN3O2/c1-4-13-24-17(7-1)18-8-5-12-23(26(18)33-24)30-21-10-2-3-11-22(21)31-27-19(14-16-32-27)25-20(28(30)31)9-6-15-29-25/h1-16H. The number of rotatable bonds is 1. The van der Waals surface area contributed by atoms with Gasteiger partial charge in [-0.2, -0.15) is 0 Å². The van der Waals surface area contributed by atoms with Gasteiger partial charge in [0.2, 0.25) is 0 Å². The van der Waals surface area contributed by atoms with Gasteiger partial charge in [0.15, 0.2) is 11.5 Å². The molecule has 154 valence electrons. The zero-order valence-corrected chi connectivity index (χ0v) is 17.5. The SMILES string of the molecule is c1cnc2c(c1)B1N(c3ccccc3N1c1cccc3c1oc1ccccc13)c1occc1-2. The molecule has 0 saturated carbocycles. The second kappa shape index (κ2) is 6.08. The molecular weight excluding hydrogens is 409 g/mol. The summed E-state index contributed by atoms with van der Waals surface area (Å²) in [4.78, 5) is 9.37. The summed E-state index contributed by atoms with van der Waals surface area (Å²) in [6.45, 7) is -0.136. The first-order valence-electron chi connectivity index (χ1n) is 11.0. The topological polar surface area (TPSA) is 45.7 Å². The second-order valence-electron chi connectivity index (χ2n) is 8.44. The van der Waals surface area contributed by atoms with Crippen molar-refractivity contribution in [3.63, 3.8) is 0 Å². The maximum atomic E-state index is 6.43. The van der Waals surface area contributed by atoms with Crippen molar-refractivity contribution in [3.05, 3.63) is 97.4 Å². The van der Waals surface area contributed by atoms with Gasteiger partial charge >= 0.3 is 6.98 Å². The van der Waals surface area contributed by atoms with Gasteiger partial charge in [-0.25, -0.2) is 0 Å². The Hall–Kier alpha value is -4.45. The fraction of sp³-hybridized carbons (Fsp3) is 0. The maximum Gasteiger partial charge on any atom is 0.425 e. The van der Waals surface area contributed by atoms with E-state index in [-0.39, 0.29) is 6.98 Å². The van der Waals surface area contributed by atoms with Crippen molar-refractivity contribution < 1.29 is 8.83 Å². The zero-order valence-electron chi connectivity index (χ0n) is 17.5. The Morgan fingerprint density at radius 3 is 2.42 bits per heavy atom. The molecule has 5 heterocycles. The Labute approximate surface area is 189 Å². The summed E-state index contributed by atoms with van der Waals surface area (Å²) in [6.07, 6.45) is 3.59. The summed E-state index contributed by atoms with van der Waals surface area (Å²) in [5.41, 5.74) is 8.10. The van der Waals surface area contributed by atoms with E-state index in [9.17, 15) is 0 Å². The van der Waals surface area contributed by atoms with Gasteiger partial charge in [0.1, 0.15) is 5.58 Å². The number of fused-ring (bicyclic) bond motifs is 11. The van der Waals surface area contributed by atoms with Crippen molar-refractivity contribution in [1.82, 2.24) is 4.98 Å². The van der Waals surface area contributed by atoms with Crippen LogP contribution >= 0.6 is 0 Å². The van der Waals surface area contributed by atoms with E-state index in [1.807, 2.05) is 30.5 Å². The predicted octanol–water partition coefficient (Wildman–Crippen LogP) is 6.24. The lowest BCUT2D eigenvalue weighted by Gasteiger charge is -2.33. The number of anilines is 4. The lowest BCUT2D eigenvalue weighted by Crippen LogP contribution is -2.55. The molecule has 0 N–H and O–H groups in total. The molecule has 0 amide bonds. The normalized spacial score (nSPS) is 13.9. The van der Waals surface area contributed by atoms with Gasteiger partial charge in [0.25, 0.3) is 0 Å². The van der Waals surface area contributed by atoms with Gasteiger partial charge in [-0.05, 0) is 41.9 Å². The van der Waals surface area contributed by atoms with E-state index >= 15 is 0 Å². The molecule has 3 aromatic carbocycles. The first-order valence-corrected chi connectivity index (χ1v) is 11.0. The molecule has 0 saturated heterocycles. The molecule has 0 spiro atoms. The summed E-state index contributed by atoms with van der Waals surface area (Å²) in [5, 5.41) is 2.23. The monoisotopic (exact) mass is 425 g/mol. The lowest BCUT2D eigenvalue weighted by atomic mass is 9.61. The molecule has 6 heteroatoms. The van der Waals surface area contributed by atoms with Crippen LogP contribution in [0.25, 0.3) is 33.2 Å². The molecule has 8 rings (SSSR count). The van der Waals surface area contributed by atoms with Crippen LogP contribution in [0.3, 0.4) is 0 Å². The predicted molar refractivity (Wildman–Crippen MR) is 132 cm³/mol. The van der Waals surface area contributed by atoms with E-state index in [4.69, 9.17) is 13.8 Å². The van der Waals surface area contributed by atoms with Crippen molar-refractivity contribution in [2.75, 3.05) is 9.62 Å². The highest BCUT2D eigenvalue weighted by Crippen LogP contribution is 2.52. The van der Waals surface area contributed by atoms with E-state index in [0.717, 1.165) is 61.6 Å². The van der Waals surface area contributed by atoms with Crippen LogP contribution in [0, 0.1) is 0 Å². The molecule has 6 aromatic rings. The van der Waals surface area contributed by atoms with Crippen LogP contribution in [0.5, 0.6) is 0 Å². The van der Waals surface area contributed by atoms with Gasteiger partial charge in [-0.3, -0.25) is 4.98 Å². The van der Waals surface area contributed by atoms with Crippen molar-refractivity contribution in [2.24, 2.45) is 0 Å². The van der Waals surface area contributed by atoms with Gasteiger partial charge in [0.05, 0.1) is 34.6 Å². The third-order valence-electron chi connectivity index (χ3n) is 6.77. The first-order chi connectivity index (χ1) is 16.4. The van der Waals surface area contributed by atoms with Gasteiger partial charge in [0, 0.05) is 17.0 Å². The molecular formula is C27H16BN3O2. The Morgan fingerprint density at radius 2 is 1.48 bits per heavy atom. The van der Waals surface area contributed by atoms with Gasteiger partial charge in [-0.15, -0.1) is 0 Å². The number of hydrogen-bond donors (Lipinski definition) is 0. The molecule has 2 aliphatic rings. The molecule has 0 fully saturated rings. The van der Waals surface area contributed by atoms with Gasteiger partial charge < -0.3 is 18.5 Å². The van der Waals surface area contributed by atoms with Crippen LogP contribution in [0.1, 0.15) is 0 Å². The van der Waals surface area contributed by atoms with E-state index in [2.05, 4.69) is 70.3 Å². The summed E-state index contributed by atoms with van der Waals surface area (Å²) < 4.78 is 12.5. The second-order valence-corrected chi connectivity index (χ2v) is 8.44. The van der Waals surface area contributed by atoms with Crippen LogP contribution in [-0.2, 0) is 0 Å². The molecule has 3 aromatic heterocycles. The van der Waals surface area contributed by atoms with Crippen LogP contribution in [0.2, 0.25) is 0 Å². The number of pyridine rings is 1.